The molecule has 0 aromatic heterocycles. The third-order valence-electron chi connectivity index (χ3n) is 4.40. The largest absolute Gasteiger partial charge is 0.394 e. The van der Waals surface area contributed by atoms with Crippen molar-refractivity contribution in [3.63, 3.8) is 0 Å². The van der Waals surface area contributed by atoms with Gasteiger partial charge in [0.25, 0.3) is 0 Å². The number of ether oxygens (including phenoxy) is 1. The summed E-state index contributed by atoms with van der Waals surface area (Å²) in [5.74, 6) is 0. The van der Waals surface area contributed by atoms with Crippen LogP contribution in [0.2, 0.25) is 0 Å². The summed E-state index contributed by atoms with van der Waals surface area (Å²) in [7, 11) is 0. The molecule has 2 rings (SSSR count). The first-order valence-corrected chi connectivity index (χ1v) is 7.58. The quantitative estimate of drug-likeness (QED) is 0.633. The lowest BCUT2D eigenvalue weighted by atomic mass is 9.82. The average molecular weight is 272 g/mol. The van der Waals surface area contributed by atoms with Gasteiger partial charge in [0.15, 0.2) is 0 Å². The van der Waals surface area contributed by atoms with E-state index in [1.54, 1.807) is 0 Å². The molecule has 19 heavy (non-hydrogen) atoms. The van der Waals surface area contributed by atoms with Crippen molar-refractivity contribution in [1.82, 2.24) is 10.2 Å². The van der Waals surface area contributed by atoms with E-state index in [-0.39, 0.29) is 18.2 Å². The van der Waals surface area contributed by atoms with Crippen molar-refractivity contribution in [2.24, 2.45) is 0 Å². The molecule has 1 atom stereocenters. The molecule has 1 saturated carbocycles. The van der Waals surface area contributed by atoms with Gasteiger partial charge >= 0.3 is 0 Å². The molecule has 5 nitrogen and oxygen atoms in total. The van der Waals surface area contributed by atoms with Crippen LogP contribution in [0.3, 0.4) is 0 Å². The van der Waals surface area contributed by atoms with Crippen molar-refractivity contribution >= 4 is 0 Å². The monoisotopic (exact) mass is 272 g/mol. The van der Waals surface area contributed by atoms with E-state index in [1.807, 2.05) is 0 Å². The van der Waals surface area contributed by atoms with Crippen molar-refractivity contribution in [2.75, 3.05) is 46.0 Å². The predicted molar refractivity (Wildman–Crippen MR) is 74.2 cm³/mol. The second-order valence-corrected chi connectivity index (χ2v) is 5.95. The molecule has 0 bridgehead atoms. The predicted octanol–water partition coefficient (Wildman–Crippen LogP) is -0.0357. The summed E-state index contributed by atoms with van der Waals surface area (Å²) in [6.45, 7) is 4.78. The van der Waals surface area contributed by atoms with E-state index in [0.29, 0.717) is 13.1 Å². The molecule has 1 unspecified atom stereocenters. The molecular formula is C14H28N2O3. The highest BCUT2D eigenvalue weighted by Crippen LogP contribution is 2.27. The maximum Gasteiger partial charge on any atom is 0.0791 e. The van der Waals surface area contributed by atoms with Crippen molar-refractivity contribution in [2.45, 2.75) is 43.7 Å². The molecule has 0 radical (unpaired) electrons. The van der Waals surface area contributed by atoms with E-state index >= 15 is 0 Å². The number of nitrogens with zero attached hydrogens (tertiary/aromatic N) is 1. The van der Waals surface area contributed by atoms with Crippen molar-refractivity contribution < 1.29 is 14.9 Å². The highest BCUT2D eigenvalue weighted by molar-refractivity contribution is 4.91. The average Bonchev–Trinajstić information content (AvgIpc) is 2.47. The standard InChI is InChI=1S/C14H28N2O3/c17-12-14(4-2-1-3-5-14)15-10-13(18)11-16-6-8-19-9-7-16/h13,15,17-18H,1-12H2. The Labute approximate surface area is 115 Å². The molecule has 1 saturated heterocycles. The lowest BCUT2D eigenvalue weighted by Crippen LogP contribution is -2.53. The van der Waals surface area contributed by atoms with Gasteiger partial charge in [-0.05, 0) is 12.8 Å². The van der Waals surface area contributed by atoms with Crippen LogP contribution in [0.5, 0.6) is 0 Å². The minimum atomic E-state index is -0.372. The van der Waals surface area contributed by atoms with Crippen LogP contribution in [0.25, 0.3) is 0 Å². The fourth-order valence-electron chi connectivity index (χ4n) is 3.10. The molecule has 2 fully saturated rings. The number of morpholine rings is 1. The van der Waals surface area contributed by atoms with Gasteiger partial charge < -0.3 is 20.3 Å². The Morgan fingerprint density at radius 1 is 1.16 bits per heavy atom. The molecular weight excluding hydrogens is 244 g/mol. The third kappa shape index (κ3) is 4.68. The number of rotatable bonds is 6. The van der Waals surface area contributed by atoms with Crippen LogP contribution in [-0.2, 0) is 4.74 Å². The summed E-state index contributed by atoms with van der Waals surface area (Å²) in [5, 5.41) is 23.1. The number of aliphatic hydroxyl groups excluding tert-OH is 2. The van der Waals surface area contributed by atoms with E-state index in [0.717, 1.165) is 39.1 Å². The zero-order valence-corrected chi connectivity index (χ0v) is 11.8. The summed E-state index contributed by atoms with van der Waals surface area (Å²) in [4.78, 5) is 2.24. The van der Waals surface area contributed by atoms with Crippen LogP contribution in [0.15, 0.2) is 0 Å². The zero-order valence-electron chi connectivity index (χ0n) is 11.8. The van der Waals surface area contributed by atoms with Gasteiger partial charge in [0.05, 0.1) is 25.9 Å². The summed E-state index contributed by atoms with van der Waals surface area (Å²) < 4.78 is 5.30. The molecule has 2 aliphatic rings. The van der Waals surface area contributed by atoms with Crippen LogP contribution in [0.1, 0.15) is 32.1 Å². The number of hydrogen-bond acceptors (Lipinski definition) is 5. The number of aliphatic hydroxyl groups is 2. The maximum atomic E-state index is 10.1. The first kappa shape index (κ1) is 15.2. The molecule has 1 aliphatic heterocycles. The summed E-state index contributed by atoms with van der Waals surface area (Å²) >= 11 is 0. The fourth-order valence-corrected chi connectivity index (χ4v) is 3.10. The van der Waals surface area contributed by atoms with Gasteiger partial charge in [0.1, 0.15) is 0 Å². The van der Waals surface area contributed by atoms with Crippen LogP contribution >= 0.6 is 0 Å². The van der Waals surface area contributed by atoms with Crippen molar-refractivity contribution in [3.8, 4) is 0 Å². The highest BCUT2D eigenvalue weighted by Gasteiger charge is 2.31. The van der Waals surface area contributed by atoms with Gasteiger partial charge in [-0.1, -0.05) is 19.3 Å². The van der Waals surface area contributed by atoms with Crippen molar-refractivity contribution in [3.05, 3.63) is 0 Å². The Kier molecular flexibility index (Phi) is 6.04. The molecule has 0 aromatic rings. The Bertz CT molecular complexity index is 251. The third-order valence-corrected chi connectivity index (χ3v) is 4.40. The molecule has 5 heteroatoms. The topological polar surface area (TPSA) is 65.0 Å². The second kappa shape index (κ2) is 7.55. The fraction of sp³-hybridized carbons (Fsp3) is 1.00. The molecule has 0 amide bonds. The summed E-state index contributed by atoms with van der Waals surface area (Å²) in [5.41, 5.74) is -0.149. The molecule has 112 valence electrons. The summed E-state index contributed by atoms with van der Waals surface area (Å²) in [6, 6.07) is 0. The van der Waals surface area contributed by atoms with Crippen LogP contribution in [0, 0.1) is 0 Å². The molecule has 1 aliphatic carbocycles. The van der Waals surface area contributed by atoms with Gasteiger partial charge in [-0.3, -0.25) is 4.90 Å². The van der Waals surface area contributed by atoms with Gasteiger partial charge in [-0.2, -0.15) is 0 Å². The van der Waals surface area contributed by atoms with Gasteiger partial charge in [-0.15, -0.1) is 0 Å². The zero-order chi connectivity index (χ0) is 13.6. The van der Waals surface area contributed by atoms with Crippen molar-refractivity contribution in [1.29, 1.82) is 0 Å². The molecule has 0 spiro atoms. The van der Waals surface area contributed by atoms with E-state index in [4.69, 9.17) is 4.74 Å². The highest BCUT2D eigenvalue weighted by atomic mass is 16.5. The smallest absolute Gasteiger partial charge is 0.0791 e. The normalized spacial score (nSPS) is 26.2. The van der Waals surface area contributed by atoms with E-state index < -0.39 is 0 Å². The van der Waals surface area contributed by atoms with E-state index in [1.165, 1.54) is 19.3 Å². The Morgan fingerprint density at radius 2 is 1.84 bits per heavy atom. The minimum absolute atomic E-state index is 0.149. The molecule has 3 N–H and O–H groups in total. The Morgan fingerprint density at radius 3 is 2.47 bits per heavy atom. The lowest BCUT2D eigenvalue weighted by molar-refractivity contribution is 0.0111. The molecule has 0 aromatic carbocycles. The Balaban J connectivity index is 1.70. The minimum Gasteiger partial charge on any atom is -0.394 e. The lowest BCUT2D eigenvalue weighted by Gasteiger charge is -2.38. The van der Waals surface area contributed by atoms with Gasteiger partial charge in [-0.25, -0.2) is 0 Å². The van der Waals surface area contributed by atoms with Crippen LogP contribution in [0.4, 0.5) is 0 Å². The molecule has 1 heterocycles. The Hall–Kier alpha value is -0.200. The first-order valence-electron chi connectivity index (χ1n) is 7.58. The van der Waals surface area contributed by atoms with Gasteiger partial charge in [0.2, 0.25) is 0 Å². The summed E-state index contributed by atoms with van der Waals surface area (Å²) in [6.07, 6.45) is 5.28. The SMILES string of the molecule is OCC1(NCC(O)CN2CCOCC2)CCCCC1. The number of β-amino-alcohol motifs (C(OH)–C–C–N with tert-alkyl or cyclic N) is 1. The number of nitrogens with one attached hydrogen (secondary N) is 1. The first-order chi connectivity index (χ1) is 9.24. The van der Waals surface area contributed by atoms with Crippen LogP contribution < -0.4 is 5.32 Å². The van der Waals surface area contributed by atoms with Gasteiger partial charge in [0, 0.05) is 31.7 Å². The van der Waals surface area contributed by atoms with E-state index in [2.05, 4.69) is 10.2 Å². The van der Waals surface area contributed by atoms with E-state index in [9.17, 15) is 10.2 Å². The second-order valence-electron chi connectivity index (χ2n) is 5.95. The van der Waals surface area contributed by atoms with Crippen LogP contribution in [-0.4, -0.2) is 72.8 Å². The number of hydrogen-bond donors (Lipinski definition) is 3. The maximum absolute atomic E-state index is 10.1.